The van der Waals surface area contributed by atoms with Gasteiger partial charge in [-0.1, -0.05) is 0 Å². The lowest BCUT2D eigenvalue weighted by molar-refractivity contribution is -0.129. The second kappa shape index (κ2) is 4.86. The van der Waals surface area contributed by atoms with Crippen LogP contribution in [0.2, 0.25) is 0 Å². The van der Waals surface area contributed by atoms with Crippen molar-refractivity contribution in [1.82, 2.24) is 4.90 Å². The Morgan fingerprint density at radius 3 is 2.61 bits per heavy atom. The van der Waals surface area contributed by atoms with Gasteiger partial charge in [0.2, 0.25) is 12.7 Å². The Bertz CT molecular complexity index is 472. The zero-order chi connectivity index (χ0) is 13.3. The molecule has 0 saturated heterocycles. The second-order valence-corrected chi connectivity index (χ2v) is 4.66. The Hall–Kier alpha value is -1.75. The Morgan fingerprint density at radius 1 is 1.39 bits per heavy atom. The largest absolute Gasteiger partial charge is 0.454 e. The molecule has 0 fully saturated rings. The van der Waals surface area contributed by atoms with Crippen LogP contribution in [0.25, 0.3) is 0 Å². The summed E-state index contributed by atoms with van der Waals surface area (Å²) in [5.74, 6) is 1.45. The van der Waals surface area contributed by atoms with Crippen LogP contribution in [-0.4, -0.2) is 31.7 Å². The average molecular weight is 250 g/mol. The van der Waals surface area contributed by atoms with E-state index in [9.17, 15) is 4.79 Å². The third-order valence-electron chi connectivity index (χ3n) is 3.05. The molecule has 5 heteroatoms. The van der Waals surface area contributed by atoms with Crippen LogP contribution >= 0.6 is 0 Å². The summed E-state index contributed by atoms with van der Waals surface area (Å²) < 4.78 is 10.6. The molecule has 5 nitrogen and oxygen atoms in total. The molecule has 0 spiro atoms. The maximum absolute atomic E-state index is 11.7. The number of carbonyl (C=O) groups is 1. The van der Waals surface area contributed by atoms with Gasteiger partial charge in [0, 0.05) is 26.6 Å². The van der Waals surface area contributed by atoms with Gasteiger partial charge in [-0.25, -0.2) is 0 Å². The van der Waals surface area contributed by atoms with Gasteiger partial charge in [0.25, 0.3) is 0 Å². The molecule has 1 amide bonds. The summed E-state index contributed by atoms with van der Waals surface area (Å²) in [7, 11) is 3.45. The first-order valence-electron chi connectivity index (χ1n) is 5.85. The summed E-state index contributed by atoms with van der Waals surface area (Å²) in [4.78, 5) is 13.2. The van der Waals surface area contributed by atoms with Gasteiger partial charge in [0.15, 0.2) is 11.5 Å². The fourth-order valence-electron chi connectivity index (χ4n) is 1.94. The minimum Gasteiger partial charge on any atom is -0.454 e. The molecule has 1 atom stereocenters. The Balaban J connectivity index is 2.20. The van der Waals surface area contributed by atoms with Crippen LogP contribution in [0.15, 0.2) is 12.1 Å². The molecule has 0 aromatic heterocycles. The van der Waals surface area contributed by atoms with E-state index in [-0.39, 0.29) is 25.2 Å². The molecule has 98 valence electrons. The zero-order valence-corrected chi connectivity index (χ0v) is 10.9. The molecule has 2 N–H and O–H groups in total. The molecule has 1 aromatic carbocycles. The smallest absolute Gasteiger partial charge is 0.231 e. The highest BCUT2D eigenvalue weighted by atomic mass is 16.7. The molecule has 1 aromatic rings. The van der Waals surface area contributed by atoms with E-state index in [0.717, 1.165) is 16.9 Å². The van der Waals surface area contributed by atoms with Crippen molar-refractivity contribution in [1.29, 1.82) is 0 Å². The van der Waals surface area contributed by atoms with Crippen molar-refractivity contribution in [2.75, 3.05) is 20.9 Å². The number of hydrogen-bond acceptors (Lipinski definition) is 4. The number of aryl methyl sites for hydroxylation is 1. The van der Waals surface area contributed by atoms with Gasteiger partial charge in [-0.2, -0.15) is 0 Å². The fourth-order valence-corrected chi connectivity index (χ4v) is 1.94. The van der Waals surface area contributed by atoms with Gasteiger partial charge < -0.3 is 20.1 Å². The summed E-state index contributed by atoms with van der Waals surface area (Å²) >= 11 is 0. The van der Waals surface area contributed by atoms with Crippen molar-refractivity contribution < 1.29 is 14.3 Å². The van der Waals surface area contributed by atoms with Crippen molar-refractivity contribution in [2.45, 2.75) is 19.4 Å². The van der Waals surface area contributed by atoms with E-state index >= 15 is 0 Å². The van der Waals surface area contributed by atoms with E-state index in [1.807, 2.05) is 19.1 Å². The molecule has 0 bridgehead atoms. The molecule has 2 rings (SSSR count). The highest BCUT2D eigenvalue weighted by molar-refractivity contribution is 5.76. The monoisotopic (exact) mass is 250 g/mol. The van der Waals surface area contributed by atoms with E-state index in [4.69, 9.17) is 15.2 Å². The molecule has 1 aliphatic rings. The molecule has 0 saturated carbocycles. The van der Waals surface area contributed by atoms with Crippen molar-refractivity contribution in [3.05, 3.63) is 23.3 Å². The van der Waals surface area contributed by atoms with Gasteiger partial charge in [0.1, 0.15) is 0 Å². The number of rotatable bonds is 3. The Morgan fingerprint density at radius 2 is 2.00 bits per heavy atom. The van der Waals surface area contributed by atoms with Crippen LogP contribution in [0.1, 0.15) is 23.6 Å². The van der Waals surface area contributed by atoms with E-state index in [1.54, 1.807) is 19.0 Å². The number of nitrogens with two attached hydrogens (primary N) is 1. The van der Waals surface area contributed by atoms with Gasteiger partial charge in [0.05, 0.1) is 0 Å². The lowest BCUT2D eigenvalue weighted by atomic mass is 9.98. The zero-order valence-electron chi connectivity index (χ0n) is 10.9. The van der Waals surface area contributed by atoms with E-state index in [0.29, 0.717) is 5.75 Å². The van der Waals surface area contributed by atoms with Crippen LogP contribution in [0, 0.1) is 6.92 Å². The lowest BCUT2D eigenvalue weighted by Crippen LogP contribution is -2.26. The second-order valence-electron chi connectivity index (χ2n) is 4.66. The molecule has 1 heterocycles. The molecular formula is C13H18N2O3. The van der Waals surface area contributed by atoms with Crippen LogP contribution in [0.3, 0.4) is 0 Å². The Kier molecular flexibility index (Phi) is 3.43. The van der Waals surface area contributed by atoms with Gasteiger partial charge >= 0.3 is 0 Å². The molecular weight excluding hydrogens is 232 g/mol. The van der Waals surface area contributed by atoms with Crippen molar-refractivity contribution in [2.24, 2.45) is 5.73 Å². The first-order valence-corrected chi connectivity index (χ1v) is 5.85. The van der Waals surface area contributed by atoms with Gasteiger partial charge in [-0.15, -0.1) is 0 Å². The first kappa shape index (κ1) is 12.7. The molecule has 0 radical (unpaired) electrons. The number of carbonyl (C=O) groups excluding carboxylic acids is 1. The third-order valence-corrected chi connectivity index (χ3v) is 3.05. The van der Waals surface area contributed by atoms with Gasteiger partial charge in [-0.05, 0) is 30.2 Å². The normalized spacial score (nSPS) is 14.4. The number of ether oxygens (including phenoxy) is 2. The van der Waals surface area contributed by atoms with Crippen LogP contribution in [0.5, 0.6) is 11.5 Å². The first-order chi connectivity index (χ1) is 8.49. The number of benzene rings is 1. The van der Waals surface area contributed by atoms with Gasteiger partial charge in [-0.3, -0.25) is 4.79 Å². The van der Waals surface area contributed by atoms with E-state index in [1.165, 1.54) is 0 Å². The topological polar surface area (TPSA) is 64.8 Å². The number of amides is 1. The summed E-state index contributed by atoms with van der Waals surface area (Å²) in [6.45, 7) is 2.20. The highest BCUT2D eigenvalue weighted by Gasteiger charge is 2.20. The quantitative estimate of drug-likeness (QED) is 0.875. The fraction of sp³-hybridized carbons (Fsp3) is 0.462. The van der Waals surface area contributed by atoms with Crippen molar-refractivity contribution >= 4 is 5.91 Å². The van der Waals surface area contributed by atoms with E-state index in [2.05, 4.69) is 0 Å². The average Bonchev–Trinajstić information content (AvgIpc) is 2.74. The molecule has 18 heavy (non-hydrogen) atoms. The maximum Gasteiger partial charge on any atom is 0.231 e. The van der Waals surface area contributed by atoms with Crippen molar-refractivity contribution in [3.63, 3.8) is 0 Å². The number of nitrogens with zero attached hydrogens (tertiary/aromatic N) is 1. The number of fused-ring (bicyclic) bond motifs is 1. The summed E-state index contributed by atoms with van der Waals surface area (Å²) in [5, 5.41) is 0. The lowest BCUT2D eigenvalue weighted by Gasteiger charge is -2.17. The number of hydrogen-bond donors (Lipinski definition) is 1. The maximum atomic E-state index is 11.7. The molecule has 1 unspecified atom stereocenters. The molecule has 0 aliphatic carbocycles. The summed E-state index contributed by atoms with van der Waals surface area (Å²) in [6.07, 6.45) is 0.285. The predicted molar refractivity (Wildman–Crippen MR) is 67.5 cm³/mol. The van der Waals surface area contributed by atoms with Crippen molar-refractivity contribution in [3.8, 4) is 11.5 Å². The van der Waals surface area contributed by atoms with Crippen LogP contribution < -0.4 is 15.2 Å². The molecule has 1 aliphatic heterocycles. The minimum absolute atomic E-state index is 0.0135. The third kappa shape index (κ3) is 2.41. The predicted octanol–water partition coefficient (Wildman–Crippen LogP) is 1.20. The Labute approximate surface area is 106 Å². The standard InChI is InChI=1S/C13H18N2O3/c1-8-4-11-12(18-7-17-11)5-9(8)10(14)6-13(16)15(2)3/h4-5,10H,6-7,14H2,1-3H3. The van der Waals surface area contributed by atoms with Crippen LogP contribution in [0.4, 0.5) is 0 Å². The summed E-state index contributed by atoms with van der Waals surface area (Å²) in [5.41, 5.74) is 8.02. The van der Waals surface area contributed by atoms with E-state index < -0.39 is 0 Å². The highest BCUT2D eigenvalue weighted by Crippen LogP contribution is 2.36. The minimum atomic E-state index is -0.325. The summed E-state index contributed by atoms with van der Waals surface area (Å²) in [6, 6.07) is 3.44. The van der Waals surface area contributed by atoms with Crippen LogP contribution in [-0.2, 0) is 4.79 Å². The SMILES string of the molecule is Cc1cc2c(cc1C(N)CC(=O)N(C)C)OCO2.